The molecule has 0 atom stereocenters. The van der Waals surface area contributed by atoms with Crippen molar-refractivity contribution < 1.29 is 18.3 Å². The van der Waals surface area contributed by atoms with E-state index in [1.54, 1.807) is 13.0 Å². The monoisotopic (exact) mass is 226 g/mol. The van der Waals surface area contributed by atoms with Gasteiger partial charge in [0.25, 0.3) is 6.43 Å². The van der Waals surface area contributed by atoms with Gasteiger partial charge in [0.15, 0.2) is 0 Å². The predicted molar refractivity (Wildman–Crippen MR) is 49.9 cm³/mol. The zero-order valence-electron chi connectivity index (χ0n) is 8.41. The second-order valence-electron chi connectivity index (χ2n) is 2.75. The summed E-state index contributed by atoms with van der Waals surface area (Å²) in [6.07, 6.45) is -1.85. The highest BCUT2D eigenvalue weighted by Gasteiger charge is 2.21. The van der Waals surface area contributed by atoms with E-state index in [1.165, 1.54) is 6.07 Å². The summed E-state index contributed by atoms with van der Waals surface area (Å²) in [5.74, 6) is -0.802. The average molecular weight is 226 g/mol. The Bertz CT molecular complexity index is 441. The van der Waals surface area contributed by atoms with E-state index in [4.69, 9.17) is 5.26 Å². The van der Waals surface area contributed by atoms with E-state index >= 15 is 0 Å². The molecule has 0 N–H and O–H groups in total. The lowest BCUT2D eigenvalue weighted by Crippen LogP contribution is -2.10. The zero-order valence-corrected chi connectivity index (χ0v) is 8.41. The molecule has 0 saturated heterocycles. The summed E-state index contributed by atoms with van der Waals surface area (Å²) in [5.41, 5.74) is -1.32. The first-order valence-corrected chi connectivity index (χ1v) is 4.46. The van der Waals surface area contributed by atoms with E-state index in [0.29, 0.717) is 0 Å². The van der Waals surface area contributed by atoms with Crippen molar-refractivity contribution in [1.29, 1.82) is 5.26 Å². The van der Waals surface area contributed by atoms with Gasteiger partial charge in [0, 0.05) is 6.20 Å². The first-order valence-electron chi connectivity index (χ1n) is 4.46. The molecule has 0 aromatic carbocycles. The van der Waals surface area contributed by atoms with Crippen LogP contribution in [0.5, 0.6) is 0 Å². The lowest BCUT2D eigenvalue weighted by atomic mass is 10.1. The van der Waals surface area contributed by atoms with Crippen LogP contribution in [0.15, 0.2) is 12.3 Å². The van der Waals surface area contributed by atoms with Crippen LogP contribution in [0.25, 0.3) is 0 Å². The molecule has 0 saturated carbocycles. The number of nitriles is 1. The Morgan fingerprint density at radius 2 is 2.38 bits per heavy atom. The Morgan fingerprint density at radius 3 is 2.88 bits per heavy atom. The highest BCUT2D eigenvalue weighted by Crippen LogP contribution is 2.22. The van der Waals surface area contributed by atoms with E-state index in [9.17, 15) is 13.6 Å². The average Bonchev–Trinajstić information content (AvgIpc) is 2.28. The minimum absolute atomic E-state index is 0.107. The van der Waals surface area contributed by atoms with Gasteiger partial charge in [0.2, 0.25) is 0 Å². The number of alkyl halides is 2. The molecule has 0 aliphatic carbocycles. The second-order valence-corrected chi connectivity index (χ2v) is 2.75. The third-order valence-electron chi connectivity index (χ3n) is 1.79. The maximum Gasteiger partial charge on any atom is 0.339 e. The molecule has 0 aliphatic heterocycles. The third-order valence-corrected chi connectivity index (χ3v) is 1.79. The first-order chi connectivity index (χ1) is 7.61. The van der Waals surface area contributed by atoms with E-state index in [0.717, 1.165) is 6.20 Å². The van der Waals surface area contributed by atoms with Crippen molar-refractivity contribution in [1.82, 2.24) is 4.98 Å². The summed E-state index contributed by atoms with van der Waals surface area (Å²) in [5, 5.41) is 8.73. The van der Waals surface area contributed by atoms with Gasteiger partial charge in [-0.15, -0.1) is 0 Å². The summed E-state index contributed by atoms with van der Waals surface area (Å²) in [4.78, 5) is 14.7. The largest absolute Gasteiger partial charge is 0.462 e. The van der Waals surface area contributed by atoms with Crippen molar-refractivity contribution in [2.24, 2.45) is 0 Å². The fourth-order valence-corrected chi connectivity index (χ4v) is 1.14. The van der Waals surface area contributed by atoms with E-state index < -0.39 is 23.7 Å². The summed E-state index contributed by atoms with van der Waals surface area (Å²) >= 11 is 0. The molecular weight excluding hydrogens is 218 g/mol. The number of ether oxygens (including phenoxy) is 1. The number of halogens is 2. The molecule has 6 heteroatoms. The van der Waals surface area contributed by atoms with Crippen LogP contribution >= 0.6 is 0 Å². The van der Waals surface area contributed by atoms with Crippen LogP contribution in [-0.4, -0.2) is 17.6 Å². The normalized spacial score (nSPS) is 9.94. The van der Waals surface area contributed by atoms with Gasteiger partial charge in [-0.2, -0.15) is 5.26 Å². The van der Waals surface area contributed by atoms with Crippen LogP contribution in [0.2, 0.25) is 0 Å². The molecule has 1 aromatic rings. The molecule has 4 nitrogen and oxygen atoms in total. The Labute approximate surface area is 90.5 Å². The van der Waals surface area contributed by atoms with Crippen molar-refractivity contribution in [3.63, 3.8) is 0 Å². The summed E-state index contributed by atoms with van der Waals surface area (Å²) in [7, 11) is 0. The van der Waals surface area contributed by atoms with Crippen molar-refractivity contribution in [2.45, 2.75) is 13.3 Å². The zero-order chi connectivity index (χ0) is 12.1. The maximum atomic E-state index is 12.5. The van der Waals surface area contributed by atoms with Crippen LogP contribution < -0.4 is 0 Å². The van der Waals surface area contributed by atoms with Gasteiger partial charge in [-0.1, -0.05) is 0 Å². The van der Waals surface area contributed by atoms with Crippen molar-refractivity contribution in [2.75, 3.05) is 6.61 Å². The standard InChI is InChI=1S/C10H8F2N2O2/c1-2-16-10(15)6-3-4-14-8(9(11)12)7(6)5-13/h3-4,9H,2H2,1H3. The molecule has 0 amide bonds. The summed E-state index contributed by atoms with van der Waals surface area (Å²) in [6.45, 7) is 1.69. The fourth-order valence-electron chi connectivity index (χ4n) is 1.14. The minimum atomic E-state index is -2.90. The molecule has 1 heterocycles. The van der Waals surface area contributed by atoms with Crippen LogP contribution in [0, 0.1) is 11.3 Å². The quantitative estimate of drug-likeness (QED) is 0.740. The molecule has 0 aliphatic rings. The third kappa shape index (κ3) is 2.31. The number of aromatic nitrogens is 1. The molecule has 0 bridgehead atoms. The van der Waals surface area contributed by atoms with Crippen LogP contribution in [-0.2, 0) is 4.74 Å². The van der Waals surface area contributed by atoms with Crippen molar-refractivity contribution in [3.8, 4) is 6.07 Å². The molecule has 84 valence electrons. The highest BCUT2D eigenvalue weighted by atomic mass is 19.3. The van der Waals surface area contributed by atoms with Crippen molar-refractivity contribution in [3.05, 3.63) is 29.1 Å². The molecule has 1 aromatic heterocycles. The number of pyridine rings is 1. The lowest BCUT2D eigenvalue weighted by Gasteiger charge is -2.06. The van der Waals surface area contributed by atoms with Gasteiger partial charge < -0.3 is 4.74 Å². The first kappa shape index (κ1) is 12.0. The number of nitrogens with zero attached hydrogens (tertiary/aromatic N) is 2. The molecule has 1 rings (SSSR count). The Kier molecular flexibility index (Phi) is 3.89. The van der Waals surface area contributed by atoms with Crippen LogP contribution in [0.1, 0.15) is 35.0 Å². The lowest BCUT2D eigenvalue weighted by molar-refractivity contribution is 0.0525. The molecule has 16 heavy (non-hydrogen) atoms. The Balaban J connectivity index is 3.25. The number of rotatable bonds is 3. The Morgan fingerprint density at radius 1 is 1.69 bits per heavy atom. The maximum absolute atomic E-state index is 12.5. The summed E-state index contributed by atoms with van der Waals surface area (Å²) < 4.78 is 29.6. The van der Waals surface area contributed by atoms with E-state index in [-0.39, 0.29) is 12.2 Å². The second kappa shape index (κ2) is 5.16. The number of esters is 1. The topological polar surface area (TPSA) is 63.0 Å². The van der Waals surface area contributed by atoms with E-state index in [1.807, 2.05) is 0 Å². The minimum Gasteiger partial charge on any atom is -0.462 e. The van der Waals surface area contributed by atoms with Crippen LogP contribution in [0.3, 0.4) is 0 Å². The number of carbonyl (C=O) groups is 1. The van der Waals surface area contributed by atoms with Gasteiger partial charge in [0.1, 0.15) is 11.8 Å². The SMILES string of the molecule is CCOC(=O)c1ccnc(C(F)F)c1C#N. The van der Waals surface area contributed by atoms with Crippen molar-refractivity contribution >= 4 is 5.97 Å². The van der Waals surface area contributed by atoms with Gasteiger partial charge in [0.05, 0.1) is 17.7 Å². The predicted octanol–water partition coefficient (Wildman–Crippen LogP) is 2.07. The fraction of sp³-hybridized carbons (Fsp3) is 0.300. The van der Waals surface area contributed by atoms with Gasteiger partial charge in [-0.05, 0) is 13.0 Å². The number of carbonyl (C=O) groups excluding carboxylic acids is 1. The smallest absolute Gasteiger partial charge is 0.339 e. The number of hydrogen-bond acceptors (Lipinski definition) is 4. The molecule has 0 unspecified atom stereocenters. The van der Waals surface area contributed by atoms with Gasteiger partial charge in [-0.3, -0.25) is 4.98 Å². The molecule has 0 radical (unpaired) electrons. The summed E-state index contributed by atoms with van der Waals surface area (Å²) in [6, 6.07) is 2.72. The highest BCUT2D eigenvalue weighted by molar-refractivity contribution is 5.92. The van der Waals surface area contributed by atoms with E-state index in [2.05, 4.69) is 9.72 Å². The molecular formula is C10H8F2N2O2. The molecule has 0 fully saturated rings. The number of hydrogen-bond donors (Lipinski definition) is 0. The molecule has 0 spiro atoms. The van der Waals surface area contributed by atoms with Crippen LogP contribution in [0.4, 0.5) is 8.78 Å². The Hall–Kier alpha value is -2.03. The van der Waals surface area contributed by atoms with Gasteiger partial charge >= 0.3 is 5.97 Å². The van der Waals surface area contributed by atoms with Gasteiger partial charge in [-0.25, -0.2) is 13.6 Å².